The van der Waals surface area contributed by atoms with E-state index in [0.717, 1.165) is 49.1 Å². The number of nitrogens with zero attached hydrogens (tertiary/aromatic N) is 2. The SMILES string of the molecule is COCC1=NC(=O)N(C(=O)NCCNC2CCNC(c3cc(Cl)cc(Cl)c3)C2)[C@@H](c2ccc(F)c(F)c2)C1C(=O)OC. The van der Waals surface area contributed by atoms with Gasteiger partial charge < -0.3 is 25.4 Å². The largest absolute Gasteiger partial charge is 0.468 e. The highest BCUT2D eigenvalue weighted by Gasteiger charge is 2.47. The minimum absolute atomic E-state index is 0.00347. The first kappa shape index (κ1) is 31.8. The standard InChI is InChI=1S/C28H31Cl2F2N5O5/c1-41-14-23-24(26(38)42-2)25(15-3-4-20(31)21(32)11-15)37(28(40)36-23)27(39)35-8-7-33-19-5-6-34-22(13-19)16-9-17(29)12-18(30)10-16/h3-4,9-12,19,22,24-25,33-34H,5-8,13-14H2,1-2H3,(H,35,39)/t19?,22?,24?,25-/m0/s1. The molecule has 10 nitrogen and oxygen atoms in total. The van der Waals surface area contributed by atoms with Crippen LogP contribution < -0.4 is 16.0 Å². The van der Waals surface area contributed by atoms with Crippen LogP contribution in [0.1, 0.15) is 36.1 Å². The zero-order valence-corrected chi connectivity index (χ0v) is 24.5. The number of hydrogen-bond donors (Lipinski definition) is 3. The van der Waals surface area contributed by atoms with Crippen LogP contribution in [-0.2, 0) is 14.3 Å². The number of halogens is 4. The maximum Gasteiger partial charge on any atom is 0.352 e. The molecule has 3 N–H and O–H groups in total. The van der Waals surface area contributed by atoms with E-state index in [-0.39, 0.29) is 36.5 Å². The predicted octanol–water partition coefficient (Wildman–Crippen LogP) is 4.42. The Morgan fingerprint density at radius 3 is 2.48 bits per heavy atom. The molecule has 2 aromatic carbocycles. The number of hydrogen-bond acceptors (Lipinski definition) is 7. The number of rotatable bonds is 9. The van der Waals surface area contributed by atoms with Crippen LogP contribution in [0.2, 0.25) is 10.0 Å². The fourth-order valence-electron chi connectivity index (χ4n) is 5.27. The summed E-state index contributed by atoms with van der Waals surface area (Å²) in [6.07, 6.45) is 1.60. The third-order valence-electron chi connectivity index (χ3n) is 7.17. The number of aliphatic imine (C=N–C) groups is 1. The molecule has 2 aliphatic heterocycles. The lowest BCUT2D eigenvalue weighted by Gasteiger charge is -2.37. The van der Waals surface area contributed by atoms with E-state index in [1.807, 2.05) is 12.1 Å². The summed E-state index contributed by atoms with van der Waals surface area (Å²) in [5, 5.41) is 10.6. The molecule has 4 rings (SSSR count). The summed E-state index contributed by atoms with van der Waals surface area (Å²) in [5.41, 5.74) is 0.986. The first-order chi connectivity index (χ1) is 20.1. The van der Waals surface area contributed by atoms with Crippen molar-refractivity contribution < 1.29 is 32.6 Å². The van der Waals surface area contributed by atoms with E-state index in [0.29, 0.717) is 16.6 Å². The van der Waals surface area contributed by atoms with Gasteiger partial charge in [0, 0.05) is 42.3 Å². The van der Waals surface area contributed by atoms with Crippen molar-refractivity contribution in [2.75, 3.05) is 40.5 Å². The molecule has 0 bridgehead atoms. The number of amides is 4. The highest BCUT2D eigenvalue weighted by atomic mass is 35.5. The van der Waals surface area contributed by atoms with Gasteiger partial charge in [0.2, 0.25) is 0 Å². The molecule has 0 spiro atoms. The minimum Gasteiger partial charge on any atom is -0.468 e. The molecule has 0 aliphatic carbocycles. The van der Waals surface area contributed by atoms with E-state index in [9.17, 15) is 23.2 Å². The van der Waals surface area contributed by atoms with Gasteiger partial charge in [-0.3, -0.25) is 4.79 Å². The van der Waals surface area contributed by atoms with Gasteiger partial charge in [-0.05, 0) is 60.8 Å². The quantitative estimate of drug-likeness (QED) is 0.279. The number of nitrogens with one attached hydrogen (secondary N) is 3. The summed E-state index contributed by atoms with van der Waals surface area (Å²) < 4.78 is 38.0. The van der Waals surface area contributed by atoms with Crippen molar-refractivity contribution in [2.45, 2.75) is 31.0 Å². The van der Waals surface area contributed by atoms with Crippen LogP contribution in [0.3, 0.4) is 0 Å². The lowest BCUT2D eigenvalue weighted by atomic mass is 9.86. The van der Waals surface area contributed by atoms with Crippen molar-refractivity contribution in [3.8, 4) is 0 Å². The second-order valence-electron chi connectivity index (χ2n) is 9.92. The Balaban J connectivity index is 1.45. The summed E-state index contributed by atoms with van der Waals surface area (Å²) in [5.74, 6) is -4.45. The minimum atomic E-state index is -1.36. The molecular formula is C28H31Cl2F2N5O5. The van der Waals surface area contributed by atoms with Crippen molar-refractivity contribution in [1.82, 2.24) is 20.9 Å². The zero-order valence-electron chi connectivity index (χ0n) is 23.0. The number of carbonyl (C=O) groups excluding carboxylic acids is 3. The summed E-state index contributed by atoms with van der Waals surface area (Å²) in [6, 6.07) is 5.28. The Bertz CT molecular complexity index is 1340. The van der Waals surface area contributed by atoms with Gasteiger partial charge in [0.15, 0.2) is 11.6 Å². The predicted molar refractivity (Wildman–Crippen MR) is 153 cm³/mol. The third-order valence-corrected chi connectivity index (χ3v) is 7.61. The van der Waals surface area contributed by atoms with Gasteiger partial charge in [-0.1, -0.05) is 29.3 Å². The van der Waals surface area contributed by atoms with Crippen LogP contribution in [0.15, 0.2) is 41.4 Å². The molecule has 4 atom stereocenters. The molecule has 2 aromatic rings. The number of piperidine rings is 1. The van der Waals surface area contributed by atoms with Crippen LogP contribution >= 0.6 is 23.2 Å². The summed E-state index contributed by atoms with van der Waals surface area (Å²) >= 11 is 12.3. The van der Waals surface area contributed by atoms with E-state index in [4.69, 9.17) is 32.7 Å². The smallest absolute Gasteiger partial charge is 0.352 e. The normalized spacial score (nSPS) is 22.5. The first-order valence-corrected chi connectivity index (χ1v) is 14.0. The number of imide groups is 1. The second kappa shape index (κ2) is 14.3. The van der Waals surface area contributed by atoms with Gasteiger partial charge in [-0.2, -0.15) is 4.99 Å². The average Bonchev–Trinajstić information content (AvgIpc) is 2.96. The van der Waals surface area contributed by atoms with E-state index in [1.165, 1.54) is 13.2 Å². The van der Waals surface area contributed by atoms with Gasteiger partial charge in [-0.25, -0.2) is 23.3 Å². The van der Waals surface area contributed by atoms with Crippen molar-refractivity contribution in [3.05, 3.63) is 69.2 Å². The maximum absolute atomic E-state index is 14.2. The van der Waals surface area contributed by atoms with Crippen LogP contribution in [0, 0.1) is 17.6 Å². The highest BCUT2D eigenvalue weighted by Crippen LogP contribution is 2.36. The van der Waals surface area contributed by atoms with Crippen LogP contribution in [0.4, 0.5) is 18.4 Å². The molecule has 226 valence electrons. The number of benzene rings is 2. The van der Waals surface area contributed by atoms with Gasteiger partial charge in [0.1, 0.15) is 5.92 Å². The fraction of sp³-hybridized carbons (Fsp3) is 0.429. The monoisotopic (exact) mass is 625 g/mol. The third kappa shape index (κ3) is 7.42. The fourth-order valence-corrected chi connectivity index (χ4v) is 5.82. The first-order valence-electron chi connectivity index (χ1n) is 13.3. The molecule has 2 aliphatic rings. The van der Waals surface area contributed by atoms with Crippen LogP contribution in [0.5, 0.6) is 0 Å². The zero-order chi connectivity index (χ0) is 30.4. The Hall–Kier alpha value is -3.16. The maximum atomic E-state index is 14.2. The Kier molecular flexibility index (Phi) is 10.8. The number of methoxy groups -OCH3 is 2. The van der Waals surface area contributed by atoms with Crippen molar-refractivity contribution >= 4 is 46.9 Å². The average molecular weight is 626 g/mol. The number of esters is 1. The number of carbonyl (C=O) groups is 3. The van der Waals surface area contributed by atoms with E-state index >= 15 is 0 Å². The molecule has 1 saturated heterocycles. The topological polar surface area (TPSA) is 121 Å². The van der Waals surface area contributed by atoms with Gasteiger partial charge in [-0.15, -0.1) is 0 Å². The van der Waals surface area contributed by atoms with Crippen molar-refractivity contribution in [2.24, 2.45) is 10.9 Å². The van der Waals surface area contributed by atoms with Gasteiger partial charge in [0.05, 0.1) is 25.5 Å². The molecule has 3 unspecified atom stereocenters. The van der Waals surface area contributed by atoms with Gasteiger partial charge in [0.25, 0.3) is 0 Å². The Morgan fingerprint density at radius 2 is 1.81 bits per heavy atom. The lowest BCUT2D eigenvalue weighted by molar-refractivity contribution is -0.144. The van der Waals surface area contributed by atoms with Crippen LogP contribution in [-0.4, -0.2) is 75.1 Å². The molecular weight excluding hydrogens is 595 g/mol. The van der Waals surface area contributed by atoms with E-state index in [1.54, 1.807) is 6.07 Å². The molecule has 0 aromatic heterocycles. The van der Waals surface area contributed by atoms with Crippen molar-refractivity contribution in [1.29, 1.82) is 0 Å². The molecule has 4 amide bonds. The molecule has 1 fully saturated rings. The Labute approximate surface area is 251 Å². The van der Waals surface area contributed by atoms with Gasteiger partial charge >= 0.3 is 18.0 Å². The number of ether oxygens (including phenoxy) is 2. The number of urea groups is 2. The molecule has 14 heteroatoms. The molecule has 0 saturated carbocycles. The highest BCUT2D eigenvalue weighted by molar-refractivity contribution is 6.34. The molecule has 42 heavy (non-hydrogen) atoms. The second-order valence-corrected chi connectivity index (χ2v) is 10.8. The summed E-state index contributed by atoms with van der Waals surface area (Å²) in [6.45, 7) is 1.04. The lowest BCUT2D eigenvalue weighted by Crippen LogP contribution is -2.54. The van der Waals surface area contributed by atoms with E-state index in [2.05, 4.69) is 20.9 Å². The summed E-state index contributed by atoms with van der Waals surface area (Å²) in [7, 11) is 2.47. The van der Waals surface area contributed by atoms with E-state index < -0.39 is 41.6 Å². The summed E-state index contributed by atoms with van der Waals surface area (Å²) in [4.78, 5) is 43.9. The Morgan fingerprint density at radius 1 is 1.07 bits per heavy atom. The molecule has 2 heterocycles. The van der Waals surface area contributed by atoms with Crippen LogP contribution in [0.25, 0.3) is 0 Å². The molecule has 0 radical (unpaired) electrons. The van der Waals surface area contributed by atoms with Crippen molar-refractivity contribution in [3.63, 3.8) is 0 Å².